The van der Waals surface area contributed by atoms with Crippen LogP contribution in [0.25, 0.3) is 5.69 Å². The maximum atomic E-state index is 14.2. The predicted molar refractivity (Wildman–Crippen MR) is 98.6 cm³/mol. The van der Waals surface area contributed by atoms with Gasteiger partial charge in [-0.1, -0.05) is 12.1 Å². The molecule has 1 aliphatic carbocycles. The summed E-state index contributed by atoms with van der Waals surface area (Å²) in [5.41, 5.74) is 4.48. The van der Waals surface area contributed by atoms with Crippen LogP contribution in [0.4, 0.5) is 4.39 Å². The van der Waals surface area contributed by atoms with Crippen LogP contribution < -0.4 is 5.32 Å². The van der Waals surface area contributed by atoms with Gasteiger partial charge in [-0.25, -0.2) is 9.07 Å². The van der Waals surface area contributed by atoms with E-state index in [1.807, 2.05) is 0 Å². The zero-order valence-electron chi connectivity index (χ0n) is 15.2. The Bertz CT molecular complexity index is 1040. The minimum atomic E-state index is -0.359. The lowest BCUT2D eigenvalue weighted by Gasteiger charge is -2.24. The number of rotatable bonds is 3. The standard InChI is InChI=1S/C20H20FN5O2/c21-14-6-2-4-8-17(14)26-18-11-28-10-16(13(18)9-22-26)23-20(27)19-12-5-1-3-7-15(12)24-25-19/h2,4,6,8-9,16H,1,3,5,7,10-11H2,(H,23,27)(H,24,25)/t16-/m0/s1. The molecule has 1 aromatic carbocycles. The second-order valence-electron chi connectivity index (χ2n) is 7.19. The van der Waals surface area contributed by atoms with Crippen molar-refractivity contribution in [3.05, 3.63) is 64.5 Å². The van der Waals surface area contributed by atoms with Crippen LogP contribution in [0.1, 0.15) is 51.9 Å². The first-order valence-corrected chi connectivity index (χ1v) is 9.49. The third-order valence-corrected chi connectivity index (χ3v) is 5.46. The molecule has 8 heteroatoms. The molecular formula is C20H20FN5O2. The number of aryl methyl sites for hydroxylation is 1. The van der Waals surface area contributed by atoms with Gasteiger partial charge in [-0.3, -0.25) is 9.89 Å². The third-order valence-electron chi connectivity index (χ3n) is 5.46. The SMILES string of the molecule is O=C(N[C@H]1COCc2c1cnn2-c1ccccc1F)c1n[nH]c2c1CCCC2. The van der Waals surface area contributed by atoms with Crippen LogP contribution in [0.2, 0.25) is 0 Å². The quantitative estimate of drug-likeness (QED) is 0.730. The lowest BCUT2D eigenvalue weighted by Crippen LogP contribution is -2.35. The number of aromatic nitrogens is 4. The first-order chi connectivity index (χ1) is 13.7. The molecular weight excluding hydrogens is 361 g/mol. The summed E-state index contributed by atoms with van der Waals surface area (Å²) in [6.45, 7) is 0.655. The van der Waals surface area contributed by atoms with Crippen LogP contribution in [-0.2, 0) is 24.2 Å². The number of ether oxygens (including phenoxy) is 1. The van der Waals surface area contributed by atoms with Crippen molar-refractivity contribution in [2.75, 3.05) is 6.61 Å². The van der Waals surface area contributed by atoms with Gasteiger partial charge in [0.2, 0.25) is 0 Å². The van der Waals surface area contributed by atoms with E-state index in [-0.39, 0.29) is 17.8 Å². The topological polar surface area (TPSA) is 84.8 Å². The fourth-order valence-corrected chi connectivity index (χ4v) is 4.03. The third kappa shape index (κ3) is 2.80. The molecule has 144 valence electrons. The highest BCUT2D eigenvalue weighted by molar-refractivity contribution is 5.94. The monoisotopic (exact) mass is 381 g/mol. The first-order valence-electron chi connectivity index (χ1n) is 9.49. The number of hydrogen-bond donors (Lipinski definition) is 2. The van der Waals surface area contributed by atoms with Crippen molar-refractivity contribution in [3.8, 4) is 5.69 Å². The average Bonchev–Trinajstić information content (AvgIpc) is 3.33. The van der Waals surface area contributed by atoms with Gasteiger partial charge >= 0.3 is 0 Å². The highest BCUT2D eigenvalue weighted by atomic mass is 19.1. The Hall–Kier alpha value is -3.00. The number of nitrogens with zero attached hydrogens (tertiary/aromatic N) is 3. The summed E-state index contributed by atoms with van der Waals surface area (Å²) >= 11 is 0. The molecule has 2 aliphatic rings. The van der Waals surface area contributed by atoms with Gasteiger partial charge in [0.05, 0.1) is 31.1 Å². The molecule has 1 amide bonds. The van der Waals surface area contributed by atoms with Gasteiger partial charge in [0.15, 0.2) is 5.69 Å². The van der Waals surface area contributed by atoms with Gasteiger partial charge in [-0.15, -0.1) is 0 Å². The van der Waals surface area contributed by atoms with E-state index in [4.69, 9.17) is 4.74 Å². The molecule has 0 spiro atoms. The number of nitrogens with one attached hydrogen (secondary N) is 2. The summed E-state index contributed by atoms with van der Waals surface area (Å²) in [5.74, 6) is -0.581. The number of benzene rings is 1. The van der Waals surface area contributed by atoms with Crippen LogP contribution in [0, 0.1) is 5.82 Å². The number of carbonyl (C=O) groups excluding carboxylic acids is 1. The minimum absolute atomic E-state index is 0.223. The fraction of sp³-hybridized carbons (Fsp3) is 0.350. The van der Waals surface area contributed by atoms with Crippen LogP contribution in [0.3, 0.4) is 0 Å². The minimum Gasteiger partial charge on any atom is -0.373 e. The highest BCUT2D eigenvalue weighted by Gasteiger charge is 2.29. The molecule has 0 unspecified atom stereocenters. The lowest BCUT2D eigenvalue weighted by atomic mass is 9.95. The van der Waals surface area contributed by atoms with Gasteiger partial charge in [0.25, 0.3) is 5.91 Å². The summed E-state index contributed by atoms with van der Waals surface area (Å²) < 4.78 is 21.4. The van der Waals surface area contributed by atoms with Gasteiger partial charge in [0, 0.05) is 16.8 Å². The number of halogens is 1. The number of aromatic amines is 1. The molecule has 0 saturated heterocycles. The van der Waals surface area contributed by atoms with E-state index in [0.717, 1.165) is 48.2 Å². The molecule has 7 nitrogen and oxygen atoms in total. The number of carbonyl (C=O) groups is 1. The zero-order chi connectivity index (χ0) is 19.1. The smallest absolute Gasteiger partial charge is 0.272 e. The zero-order valence-corrected chi connectivity index (χ0v) is 15.2. The fourth-order valence-electron chi connectivity index (χ4n) is 4.03. The van der Waals surface area contributed by atoms with Crippen molar-refractivity contribution < 1.29 is 13.9 Å². The maximum Gasteiger partial charge on any atom is 0.272 e. The second kappa shape index (κ2) is 6.87. The Kier molecular flexibility index (Phi) is 4.20. The molecule has 28 heavy (non-hydrogen) atoms. The molecule has 1 aliphatic heterocycles. The average molecular weight is 381 g/mol. The van der Waals surface area contributed by atoms with E-state index >= 15 is 0 Å². The van der Waals surface area contributed by atoms with E-state index in [1.54, 1.807) is 29.1 Å². The largest absolute Gasteiger partial charge is 0.373 e. The van der Waals surface area contributed by atoms with E-state index in [2.05, 4.69) is 20.6 Å². The maximum absolute atomic E-state index is 14.2. The molecule has 1 atom stereocenters. The van der Waals surface area contributed by atoms with Crippen molar-refractivity contribution in [2.45, 2.75) is 38.3 Å². The molecule has 3 aromatic rings. The first kappa shape index (κ1) is 17.1. The molecule has 0 fully saturated rings. The number of hydrogen-bond acceptors (Lipinski definition) is 4. The Balaban J connectivity index is 1.42. The summed E-state index contributed by atoms with van der Waals surface area (Å²) in [6, 6.07) is 6.11. The number of H-pyrrole nitrogens is 1. The second-order valence-corrected chi connectivity index (χ2v) is 7.19. The Morgan fingerprint density at radius 2 is 2.14 bits per heavy atom. The van der Waals surface area contributed by atoms with Crippen LogP contribution >= 0.6 is 0 Å². The van der Waals surface area contributed by atoms with Crippen molar-refractivity contribution in [1.82, 2.24) is 25.3 Å². The van der Waals surface area contributed by atoms with Gasteiger partial charge in [0.1, 0.15) is 11.5 Å². The molecule has 0 radical (unpaired) electrons. The molecule has 2 aromatic heterocycles. The highest BCUT2D eigenvalue weighted by Crippen LogP contribution is 2.28. The lowest BCUT2D eigenvalue weighted by molar-refractivity contribution is 0.0683. The summed E-state index contributed by atoms with van der Waals surface area (Å²) in [5, 5.41) is 14.6. The number of fused-ring (bicyclic) bond motifs is 2. The number of para-hydroxylation sites is 1. The molecule has 5 rings (SSSR count). The summed E-state index contributed by atoms with van der Waals surface area (Å²) in [7, 11) is 0. The van der Waals surface area contributed by atoms with E-state index in [9.17, 15) is 9.18 Å². The van der Waals surface area contributed by atoms with Crippen molar-refractivity contribution in [1.29, 1.82) is 0 Å². The normalized spacial score (nSPS) is 18.4. The van der Waals surface area contributed by atoms with Crippen molar-refractivity contribution in [3.63, 3.8) is 0 Å². The van der Waals surface area contributed by atoms with Crippen LogP contribution in [-0.4, -0.2) is 32.5 Å². The van der Waals surface area contributed by atoms with E-state index in [1.165, 1.54) is 6.07 Å². The Morgan fingerprint density at radius 3 is 3.04 bits per heavy atom. The molecule has 0 bridgehead atoms. The Labute approximate surface area is 160 Å². The van der Waals surface area contributed by atoms with Crippen molar-refractivity contribution in [2.24, 2.45) is 0 Å². The van der Waals surface area contributed by atoms with Crippen LogP contribution in [0.5, 0.6) is 0 Å². The molecule has 3 heterocycles. The molecule has 0 saturated carbocycles. The van der Waals surface area contributed by atoms with Gasteiger partial charge < -0.3 is 10.1 Å². The number of amides is 1. The van der Waals surface area contributed by atoms with Crippen molar-refractivity contribution >= 4 is 5.91 Å². The van der Waals surface area contributed by atoms with E-state index < -0.39 is 0 Å². The predicted octanol–water partition coefficient (Wildman–Crippen LogP) is 2.61. The van der Waals surface area contributed by atoms with Gasteiger partial charge in [-0.2, -0.15) is 10.2 Å². The molecule has 2 N–H and O–H groups in total. The van der Waals surface area contributed by atoms with Crippen LogP contribution in [0.15, 0.2) is 30.5 Å². The van der Waals surface area contributed by atoms with Gasteiger partial charge in [-0.05, 0) is 37.8 Å². The summed E-state index contributed by atoms with van der Waals surface area (Å²) in [6.07, 6.45) is 5.66. The van der Waals surface area contributed by atoms with E-state index in [0.29, 0.717) is 24.6 Å². The summed E-state index contributed by atoms with van der Waals surface area (Å²) in [4.78, 5) is 12.9. The Morgan fingerprint density at radius 1 is 1.29 bits per heavy atom.